The van der Waals surface area contributed by atoms with Crippen molar-refractivity contribution in [3.05, 3.63) is 0 Å². The molecular weight excluding hydrogens is 156 g/mol. The number of aliphatic carboxylic acids is 2. The van der Waals surface area contributed by atoms with Gasteiger partial charge in [-0.05, 0) is 0 Å². The van der Waals surface area contributed by atoms with Crippen LogP contribution < -0.4 is 0 Å². The summed E-state index contributed by atoms with van der Waals surface area (Å²) in [6, 6.07) is 0. The molecule has 0 aliphatic rings. The topological polar surface area (TPSA) is 115 Å². The highest BCUT2D eigenvalue weighted by molar-refractivity contribution is 5.75. The van der Waals surface area contributed by atoms with E-state index in [1.54, 1.807) is 0 Å². The minimum absolute atomic E-state index is 0.704. The van der Waals surface area contributed by atoms with Gasteiger partial charge in [-0.25, -0.2) is 9.59 Å². The first kappa shape index (κ1) is 9.86. The predicted octanol–water partition coefficient (Wildman–Crippen LogP) is -1.73. The van der Waals surface area contributed by atoms with E-state index >= 15 is 0 Å². The Kier molecular flexibility index (Phi) is 3.49. The van der Waals surface area contributed by atoms with Gasteiger partial charge in [-0.1, -0.05) is 0 Å². The first-order valence-corrected chi connectivity index (χ1v) is 2.77. The van der Waals surface area contributed by atoms with Crippen molar-refractivity contribution >= 4 is 11.9 Å². The number of rotatable bonds is 4. The molecule has 0 amide bonds. The second-order valence-electron chi connectivity index (χ2n) is 1.94. The lowest BCUT2D eigenvalue weighted by atomic mass is 10.1. The van der Waals surface area contributed by atoms with Crippen LogP contribution in [0.5, 0.6) is 0 Å². The van der Waals surface area contributed by atoms with Crippen molar-refractivity contribution in [2.75, 3.05) is 0 Å². The van der Waals surface area contributed by atoms with Crippen LogP contribution in [-0.2, 0) is 9.59 Å². The van der Waals surface area contributed by atoms with Gasteiger partial charge in [0, 0.05) is 6.42 Å². The molecule has 4 N–H and O–H groups in total. The van der Waals surface area contributed by atoms with E-state index in [0.717, 1.165) is 0 Å². The van der Waals surface area contributed by atoms with Crippen LogP contribution in [0, 0.1) is 0 Å². The molecule has 0 saturated heterocycles. The molecule has 0 bridgehead atoms. The van der Waals surface area contributed by atoms with Crippen molar-refractivity contribution in [1.29, 1.82) is 0 Å². The Morgan fingerprint density at radius 3 is 1.45 bits per heavy atom. The molecule has 0 spiro atoms. The Labute approximate surface area is 61.7 Å². The minimum Gasteiger partial charge on any atom is -0.479 e. The zero-order valence-electron chi connectivity index (χ0n) is 5.47. The molecule has 0 aromatic rings. The molecule has 0 unspecified atom stereocenters. The molecule has 0 heterocycles. The van der Waals surface area contributed by atoms with Crippen LogP contribution in [0.1, 0.15) is 6.42 Å². The zero-order chi connectivity index (χ0) is 9.02. The van der Waals surface area contributed by atoms with E-state index in [4.69, 9.17) is 20.4 Å². The number of aliphatic hydroxyl groups excluding tert-OH is 2. The van der Waals surface area contributed by atoms with Crippen LogP contribution in [0.25, 0.3) is 0 Å². The van der Waals surface area contributed by atoms with Crippen molar-refractivity contribution in [2.24, 2.45) is 0 Å². The summed E-state index contributed by atoms with van der Waals surface area (Å²) in [6.07, 6.45) is -4.37. The predicted molar refractivity (Wildman–Crippen MR) is 31.9 cm³/mol. The van der Waals surface area contributed by atoms with Crippen molar-refractivity contribution in [1.82, 2.24) is 0 Å². The monoisotopic (exact) mass is 164 g/mol. The lowest BCUT2D eigenvalue weighted by Gasteiger charge is -2.07. The van der Waals surface area contributed by atoms with Gasteiger partial charge < -0.3 is 20.4 Å². The van der Waals surface area contributed by atoms with E-state index in [1.165, 1.54) is 0 Å². The van der Waals surface area contributed by atoms with E-state index in [2.05, 4.69) is 0 Å². The summed E-state index contributed by atoms with van der Waals surface area (Å²) < 4.78 is 0. The molecule has 0 saturated carbocycles. The Morgan fingerprint density at radius 2 is 1.27 bits per heavy atom. The highest BCUT2D eigenvalue weighted by atomic mass is 16.4. The lowest BCUT2D eigenvalue weighted by molar-refractivity contribution is -0.153. The van der Waals surface area contributed by atoms with Gasteiger partial charge in [-0.3, -0.25) is 0 Å². The SMILES string of the molecule is O=C(O)[C@H](O)C[C@H](O)C(=O)O. The molecule has 0 aliphatic carbocycles. The number of aliphatic hydroxyl groups is 2. The van der Waals surface area contributed by atoms with Gasteiger partial charge in [0.1, 0.15) is 0 Å². The van der Waals surface area contributed by atoms with E-state index in [1.807, 2.05) is 0 Å². The second kappa shape index (κ2) is 3.89. The first-order valence-electron chi connectivity index (χ1n) is 2.77. The Hall–Kier alpha value is -1.14. The maximum atomic E-state index is 9.90. The van der Waals surface area contributed by atoms with E-state index in [9.17, 15) is 9.59 Å². The summed E-state index contributed by atoms with van der Waals surface area (Å²) in [5.74, 6) is -3.10. The minimum atomic E-state index is -1.83. The number of hydrogen-bond donors (Lipinski definition) is 4. The number of carbonyl (C=O) groups is 2. The zero-order valence-corrected chi connectivity index (χ0v) is 5.47. The van der Waals surface area contributed by atoms with Crippen molar-refractivity contribution in [3.8, 4) is 0 Å². The van der Waals surface area contributed by atoms with Gasteiger partial charge in [-0.2, -0.15) is 0 Å². The Balaban J connectivity index is 3.84. The molecule has 6 heteroatoms. The molecule has 0 aromatic heterocycles. The third-order valence-electron chi connectivity index (χ3n) is 1.02. The third kappa shape index (κ3) is 3.54. The van der Waals surface area contributed by atoms with Crippen LogP contribution in [0.4, 0.5) is 0 Å². The second-order valence-corrected chi connectivity index (χ2v) is 1.94. The molecule has 0 radical (unpaired) electrons. The van der Waals surface area contributed by atoms with Crippen LogP contribution in [0.15, 0.2) is 0 Å². The average Bonchev–Trinajstić information content (AvgIpc) is 1.87. The smallest absolute Gasteiger partial charge is 0.332 e. The summed E-state index contributed by atoms with van der Waals surface area (Å²) in [4.78, 5) is 19.8. The van der Waals surface area contributed by atoms with Gasteiger partial charge in [0.25, 0.3) is 0 Å². The summed E-state index contributed by atoms with van der Waals surface area (Å²) in [5, 5.41) is 33.2. The average molecular weight is 164 g/mol. The molecular formula is C5H8O6. The fourth-order valence-electron chi connectivity index (χ4n) is 0.413. The first-order chi connectivity index (χ1) is 4.95. The third-order valence-corrected chi connectivity index (χ3v) is 1.02. The highest BCUT2D eigenvalue weighted by Crippen LogP contribution is 1.98. The number of hydrogen-bond acceptors (Lipinski definition) is 4. The van der Waals surface area contributed by atoms with Crippen molar-refractivity contribution in [3.63, 3.8) is 0 Å². The fraction of sp³-hybridized carbons (Fsp3) is 0.600. The largest absolute Gasteiger partial charge is 0.479 e. The van der Waals surface area contributed by atoms with Crippen LogP contribution in [0.2, 0.25) is 0 Å². The van der Waals surface area contributed by atoms with Gasteiger partial charge in [0.15, 0.2) is 12.2 Å². The Morgan fingerprint density at radius 1 is 1.00 bits per heavy atom. The van der Waals surface area contributed by atoms with E-state index in [0.29, 0.717) is 0 Å². The normalized spacial score (nSPS) is 15.5. The molecule has 6 nitrogen and oxygen atoms in total. The maximum Gasteiger partial charge on any atom is 0.332 e. The molecule has 0 fully saturated rings. The van der Waals surface area contributed by atoms with Gasteiger partial charge in [0.2, 0.25) is 0 Å². The molecule has 0 rings (SSSR count). The number of carboxylic acid groups (broad SMARTS) is 2. The molecule has 2 atom stereocenters. The quantitative estimate of drug-likeness (QED) is 0.392. The van der Waals surface area contributed by atoms with E-state index < -0.39 is 30.6 Å². The summed E-state index contributed by atoms with van der Waals surface area (Å²) >= 11 is 0. The highest BCUT2D eigenvalue weighted by Gasteiger charge is 2.22. The summed E-state index contributed by atoms with van der Waals surface area (Å²) in [5.41, 5.74) is 0. The van der Waals surface area contributed by atoms with Crippen molar-refractivity contribution < 1.29 is 30.0 Å². The maximum absolute atomic E-state index is 9.90. The van der Waals surface area contributed by atoms with Gasteiger partial charge in [-0.15, -0.1) is 0 Å². The summed E-state index contributed by atoms with van der Waals surface area (Å²) in [7, 11) is 0. The molecule has 11 heavy (non-hydrogen) atoms. The molecule has 0 aliphatic heterocycles. The molecule has 64 valence electrons. The van der Waals surface area contributed by atoms with E-state index in [-0.39, 0.29) is 0 Å². The summed E-state index contributed by atoms with van der Waals surface area (Å²) in [6.45, 7) is 0. The van der Waals surface area contributed by atoms with Crippen LogP contribution in [-0.4, -0.2) is 44.6 Å². The lowest BCUT2D eigenvalue weighted by Crippen LogP contribution is -2.30. The van der Waals surface area contributed by atoms with Crippen molar-refractivity contribution in [2.45, 2.75) is 18.6 Å². The number of carboxylic acids is 2. The standard InChI is InChI=1S/C5H8O6/c6-2(4(8)9)1-3(7)5(10)11/h2-3,6-7H,1H2,(H,8,9)(H,10,11)/t2-,3+. The molecule has 0 aromatic carbocycles. The van der Waals surface area contributed by atoms with Gasteiger partial charge >= 0.3 is 11.9 Å². The Bertz CT molecular complexity index is 146. The van der Waals surface area contributed by atoms with Gasteiger partial charge in [0.05, 0.1) is 0 Å². The van der Waals surface area contributed by atoms with Crippen LogP contribution in [0.3, 0.4) is 0 Å². The van der Waals surface area contributed by atoms with Crippen LogP contribution >= 0.6 is 0 Å². The fourth-order valence-corrected chi connectivity index (χ4v) is 0.413.